The van der Waals surface area contributed by atoms with Crippen LogP contribution in [-0.2, 0) is 11.3 Å². The van der Waals surface area contributed by atoms with Crippen molar-refractivity contribution in [3.8, 4) is 5.75 Å². The number of benzene rings is 1. The van der Waals surface area contributed by atoms with Crippen molar-refractivity contribution in [2.45, 2.75) is 39.3 Å². The number of likely N-dealkylation sites (tertiary alicyclic amines) is 1. The van der Waals surface area contributed by atoms with E-state index >= 15 is 0 Å². The number of primary amides is 1. The topological polar surface area (TPSA) is 92.0 Å². The monoisotopic (exact) mass is 539 g/mol. The Morgan fingerprint density at radius 1 is 1.40 bits per heavy atom. The number of carbonyl (C=O) groups is 1. The van der Waals surface area contributed by atoms with E-state index in [0.717, 1.165) is 44.5 Å². The number of aliphatic imine (C=N–C) groups is 1. The molecular formula is C20H32F2IN5O2. The Balaban J connectivity index is 0.00000450. The molecular weight excluding hydrogens is 507 g/mol. The number of nitrogens with zero attached hydrogens (tertiary/aromatic N) is 2. The van der Waals surface area contributed by atoms with E-state index in [2.05, 4.69) is 25.3 Å². The minimum absolute atomic E-state index is 0. The number of piperidine rings is 1. The second-order valence-electron chi connectivity index (χ2n) is 7.24. The lowest BCUT2D eigenvalue weighted by Gasteiger charge is -2.31. The van der Waals surface area contributed by atoms with Crippen LogP contribution in [0.2, 0.25) is 0 Å². The highest BCUT2D eigenvalue weighted by atomic mass is 127. The van der Waals surface area contributed by atoms with Gasteiger partial charge in [0.15, 0.2) is 5.96 Å². The molecule has 1 aromatic carbocycles. The smallest absolute Gasteiger partial charge is 0.387 e. The summed E-state index contributed by atoms with van der Waals surface area (Å²) >= 11 is 0. The molecule has 7 nitrogen and oxygen atoms in total. The lowest BCUT2D eigenvalue weighted by Crippen LogP contribution is -2.42. The number of halogens is 3. The van der Waals surface area contributed by atoms with E-state index in [1.54, 1.807) is 19.2 Å². The van der Waals surface area contributed by atoms with Gasteiger partial charge in [0.05, 0.1) is 5.92 Å². The lowest BCUT2D eigenvalue weighted by atomic mass is 9.97. The van der Waals surface area contributed by atoms with E-state index in [1.807, 2.05) is 13.0 Å². The van der Waals surface area contributed by atoms with Crippen LogP contribution in [0.3, 0.4) is 0 Å². The minimum atomic E-state index is -2.86. The van der Waals surface area contributed by atoms with Crippen molar-refractivity contribution in [1.29, 1.82) is 0 Å². The van der Waals surface area contributed by atoms with E-state index in [-0.39, 0.29) is 41.6 Å². The Labute approximate surface area is 193 Å². The Bertz CT molecular complexity index is 706. The van der Waals surface area contributed by atoms with Crippen LogP contribution < -0.4 is 21.1 Å². The highest BCUT2D eigenvalue weighted by Gasteiger charge is 2.23. The Hall–Kier alpha value is -1.69. The van der Waals surface area contributed by atoms with Gasteiger partial charge < -0.3 is 26.0 Å². The molecule has 0 spiro atoms. The van der Waals surface area contributed by atoms with E-state index < -0.39 is 6.61 Å². The van der Waals surface area contributed by atoms with Crippen molar-refractivity contribution >= 4 is 35.8 Å². The predicted molar refractivity (Wildman–Crippen MR) is 124 cm³/mol. The first kappa shape index (κ1) is 26.3. The summed E-state index contributed by atoms with van der Waals surface area (Å²) in [5.41, 5.74) is 7.02. The summed E-state index contributed by atoms with van der Waals surface area (Å²) in [5.74, 6) is 0.472. The summed E-state index contributed by atoms with van der Waals surface area (Å²) in [7, 11) is 1.66. The summed E-state index contributed by atoms with van der Waals surface area (Å²) in [6, 6.07) is 5.09. The maximum absolute atomic E-state index is 12.6. The zero-order chi connectivity index (χ0) is 21.2. The number of alkyl halides is 2. The molecule has 1 unspecified atom stereocenters. The van der Waals surface area contributed by atoms with Gasteiger partial charge in [0, 0.05) is 32.2 Å². The Morgan fingerprint density at radius 3 is 2.83 bits per heavy atom. The standard InChI is InChI=1S/C20H31F2N5O2.HI/c1-14-6-7-17(29-19(21)22)16(11-14)12-26-20(24-2)25-8-4-10-27-9-3-5-15(13-27)18(23)28;/h6-7,11,15,19H,3-5,8-10,12-13H2,1-2H3,(H2,23,28)(H2,24,25,26);1H. The van der Waals surface area contributed by atoms with Gasteiger partial charge in [-0.2, -0.15) is 8.78 Å². The Morgan fingerprint density at radius 2 is 2.17 bits per heavy atom. The van der Waals surface area contributed by atoms with Crippen molar-refractivity contribution < 1.29 is 18.3 Å². The number of guanidine groups is 1. The molecule has 0 aromatic heterocycles. The largest absolute Gasteiger partial charge is 0.434 e. The van der Waals surface area contributed by atoms with E-state index in [0.29, 0.717) is 24.6 Å². The zero-order valence-corrected chi connectivity index (χ0v) is 19.8. The molecule has 10 heteroatoms. The lowest BCUT2D eigenvalue weighted by molar-refractivity contribution is -0.123. The zero-order valence-electron chi connectivity index (χ0n) is 17.5. The molecule has 30 heavy (non-hydrogen) atoms. The van der Waals surface area contributed by atoms with E-state index in [1.165, 1.54) is 0 Å². The van der Waals surface area contributed by atoms with E-state index in [4.69, 9.17) is 5.73 Å². The number of hydrogen-bond donors (Lipinski definition) is 3. The van der Waals surface area contributed by atoms with Crippen LogP contribution in [0.25, 0.3) is 0 Å². The normalized spacial score (nSPS) is 17.4. The molecule has 170 valence electrons. The molecule has 1 aromatic rings. The van der Waals surface area contributed by atoms with Crippen LogP contribution in [-0.4, -0.2) is 56.6 Å². The second kappa shape index (κ2) is 13.6. The molecule has 4 N–H and O–H groups in total. The number of aryl methyl sites for hydroxylation is 1. The first-order chi connectivity index (χ1) is 13.9. The number of hydrogen-bond acceptors (Lipinski definition) is 4. The van der Waals surface area contributed by atoms with Crippen molar-refractivity contribution in [3.05, 3.63) is 29.3 Å². The fraction of sp³-hybridized carbons (Fsp3) is 0.600. The first-order valence-corrected chi connectivity index (χ1v) is 9.89. The molecule has 1 saturated heterocycles. The van der Waals surface area contributed by atoms with Gasteiger partial charge in [0.25, 0.3) is 0 Å². The molecule has 2 rings (SSSR count). The van der Waals surface area contributed by atoms with Crippen molar-refractivity contribution in [1.82, 2.24) is 15.5 Å². The number of nitrogens with two attached hydrogens (primary N) is 1. The molecule has 0 radical (unpaired) electrons. The highest BCUT2D eigenvalue weighted by molar-refractivity contribution is 14.0. The van der Waals surface area contributed by atoms with Gasteiger partial charge in [0.1, 0.15) is 5.75 Å². The molecule has 1 heterocycles. The second-order valence-corrected chi connectivity index (χ2v) is 7.24. The van der Waals surface area contributed by atoms with Gasteiger partial charge in [-0.15, -0.1) is 24.0 Å². The summed E-state index contributed by atoms with van der Waals surface area (Å²) in [6.45, 7) is 2.63. The van der Waals surface area contributed by atoms with Crippen molar-refractivity contribution in [3.63, 3.8) is 0 Å². The number of carbonyl (C=O) groups excluding carboxylic acids is 1. The van der Waals surface area contributed by atoms with Crippen LogP contribution in [0.1, 0.15) is 30.4 Å². The van der Waals surface area contributed by atoms with Crippen LogP contribution in [0, 0.1) is 12.8 Å². The third-order valence-corrected chi connectivity index (χ3v) is 4.95. The molecule has 1 aliphatic heterocycles. The van der Waals surface area contributed by atoms with Crippen molar-refractivity contribution in [2.24, 2.45) is 16.6 Å². The maximum atomic E-state index is 12.6. The summed E-state index contributed by atoms with van der Waals surface area (Å²) in [4.78, 5) is 17.8. The third kappa shape index (κ3) is 8.99. The summed E-state index contributed by atoms with van der Waals surface area (Å²) in [5, 5.41) is 6.35. The van der Waals surface area contributed by atoms with Gasteiger partial charge in [0.2, 0.25) is 5.91 Å². The average molecular weight is 539 g/mol. The molecule has 1 aliphatic rings. The van der Waals surface area contributed by atoms with Gasteiger partial charge in [-0.1, -0.05) is 17.7 Å². The molecule has 0 aliphatic carbocycles. The minimum Gasteiger partial charge on any atom is -0.434 e. The Kier molecular flexibility index (Phi) is 11.9. The summed E-state index contributed by atoms with van der Waals surface area (Å²) < 4.78 is 29.8. The predicted octanol–water partition coefficient (Wildman–Crippen LogP) is 2.47. The summed E-state index contributed by atoms with van der Waals surface area (Å²) in [6.07, 6.45) is 2.75. The number of amides is 1. The number of rotatable bonds is 9. The number of ether oxygens (including phenoxy) is 1. The van der Waals surface area contributed by atoms with Gasteiger partial charge in [-0.3, -0.25) is 9.79 Å². The quantitative estimate of drug-likeness (QED) is 0.194. The maximum Gasteiger partial charge on any atom is 0.387 e. The van der Waals surface area contributed by atoms with Gasteiger partial charge >= 0.3 is 6.61 Å². The average Bonchev–Trinajstić information content (AvgIpc) is 2.69. The fourth-order valence-electron chi connectivity index (χ4n) is 3.46. The molecule has 1 atom stereocenters. The van der Waals surface area contributed by atoms with E-state index in [9.17, 15) is 13.6 Å². The first-order valence-electron chi connectivity index (χ1n) is 9.89. The molecule has 0 bridgehead atoms. The van der Waals surface area contributed by atoms with Crippen LogP contribution >= 0.6 is 24.0 Å². The molecule has 1 fully saturated rings. The van der Waals surface area contributed by atoms with Gasteiger partial charge in [-0.25, -0.2) is 0 Å². The third-order valence-electron chi connectivity index (χ3n) is 4.95. The van der Waals surface area contributed by atoms with Crippen LogP contribution in [0.4, 0.5) is 8.78 Å². The number of nitrogens with one attached hydrogen (secondary N) is 2. The fourth-order valence-corrected chi connectivity index (χ4v) is 3.46. The molecule has 0 saturated carbocycles. The SMILES string of the molecule is CN=C(NCCCN1CCCC(C(N)=O)C1)NCc1cc(C)ccc1OC(F)F.I. The molecule has 1 amide bonds. The van der Waals surface area contributed by atoms with Crippen LogP contribution in [0.15, 0.2) is 23.2 Å². The van der Waals surface area contributed by atoms with Crippen LogP contribution in [0.5, 0.6) is 5.75 Å². The van der Waals surface area contributed by atoms with Crippen molar-refractivity contribution in [2.75, 3.05) is 33.2 Å². The van der Waals surface area contributed by atoms with Gasteiger partial charge in [-0.05, 0) is 45.3 Å². The highest BCUT2D eigenvalue weighted by Crippen LogP contribution is 2.22.